The van der Waals surface area contributed by atoms with Crippen LogP contribution in [0.3, 0.4) is 0 Å². The summed E-state index contributed by atoms with van der Waals surface area (Å²) in [5, 5.41) is 22.7. The predicted molar refractivity (Wildman–Crippen MR) is 131 cm³/mol. The molecule has 3 aromatic rings. The Kier molecular flexibility index (Phi) is 7.40. The summed E-state index contributed by atoms with van der Waals surface area (Å²) in [6.45, 7) is 3.86. The average Bonchev–Trinajstić information content (AvgIpc) is 2.83. The standard InChI is InChI=1S/C25H26N6O5/c1-16-3-5-18(6-4-16)15-31-23(29-24(34)30(25(31)35)12-11-22(32)33)28-19-7-9-20(10-8-19)36-21-14-26-13-17(2)27-21/h3-10,13-14,25,35H,11-12,15H2,1-2H3,(H,32,33)(H,28,29,34). The maximum Gasteiger partial charge on any atom is 0.327 e. The summed E-state index contributed by atoms with van der Waals surface area (Å²) < 4.78 is 5.71. The van der Waals surface area contributed by atoms with Crippen LogP contribution in [0.4, 0.5) is 10.5 Å². The summed E-state index contributed by atoms with van der Waals surface area (Å²) in [5.74, 6) is -0.0400. The topological polar surface area (TPSA) is 140 Å². The number of carboxylic acids is 1. The second kappa shape index (κ2) is 10.8. The molecular weight excluding hydrogens is 464 g/mol. The van der Waals surface area contributed by atoms with Crippen molar-refractivity contribution in [1.82, 2.24) is 25.1 Å². The van der Waals surface area contributed by atoms with Gasteiger partial charge in [-0.05, 0) is 43.7 Å². The zero-order valence-corrected chi connectivity index (χ0v) is 19.8. The number of ether oxygens (including phenoxy) is 1. The molecule has 1 fully saturated rings. The highest BCUT2D eigenvalue weighted by atomic mass is 16.5. The van der Waals surface area contributed by atoms with Crippen LogP contribution in [-0.4, -0.2) is 60.8 Å². The number of hydrogen-bond acceptors (Lipinski definition) is 7. The van der Waals surface area contributed by atoms with Gasteiger partial charge < -0.3 is 14.9 Å². The lowest BCUT2D eigenvalue weighted by Crippen LogP contribution is -2.65. The normalized spacial score (nSPS) is 16.7. The highest BCUT2D eigenvalue weighted by Gasteiger charge is 2.36. The van der Waals surface area contributed by atoms with Crippen molar-refractivity contribution in [3.05, 3.63) is 77.7 Å². The van der Waals surface area contributed by atoms with Crippen molar-refractivity contribution in [1.29, 1.82) is 0 Å². The molecule has 1 aliphatic rings. The lowest BCUT2D eigenvalue weighted by atomic mass is 10.1. The number of guanidine groups is 1. The van der Waals surface area contributed by atoms with E-state index in [1.54, 1.807) is 30.5 Å². The van der Waals surface area contributed by atoms with Gasteiger partial charge in [0.25, 0.3) is 0 Å². The van der Waals surface area contributed by atoms with Crippen LogP contribution in [0, 0.1) is 13.8 Å². The summed E-state index contributed by atoms with van der Waals surface area (Å²) in [4.78, 5) is 39.1. The minimum absolute atomic E-state index is 0.137. The molecule has 1 atom stereocenters. The van der Waals surface area contributed by atoms with Crippen LogP contribution >= 0.6 is 0 Å². The quantitative estimate of drug-likeness (QED) is 0.437. The number of carbonyl (C=O) groups is 2. The number of carboxylic acid groups (broad SMARTS) is 1. The predicted octanol–water partition coefficient (Wildman–Crippen LogP) is 3.15. The second-order valence-electron chi connectivity index (χ2n) is 8.26. The highest BCUT2D eigenvalue weighted by molar-refractivity contribution is 5.99. The van der Waals surface area contributed by atoms with Gasteiger partial charge in [-0.2, -0.15) is 0 Å². The van der Waals surface area contributed by atoms with Gasteiger partial charge in [0.1, 0.15) is 5.75 Å². The zero-order chi connectivity index (χ0) is 25.7. The molecule has 4 rings (SSSR count). The molecule has 0 aliphatic carbocycles. The van der Waals surface area contributed by atoms with Gasteiger partial charge in [-0.3, -0.25) is 24.9 Å². The average molecular weight is 491 g/mol. The maximum absolute atomic E-state index is 12.7. The van der Waals surface area contributed by atoms with E-state index in [0.717, 1.165) is 21.7 Å². The Balaban J connectivity index is 1.57. The molecule has 2 heterocycles. The molecule has 186 valence electrons. The lowest BCUT2D eigenvalue weighted by Gasteiger charge is -2.42. The van der Waals surface area contributed by atoms with Crippen molar-refractivity contribution in [3.8, 4) is 11.6 Å². The summed E-state index contributed by atoms with van der Waals surface area (Å²) in [7, 11) is 0. The molecule has 0 spiro atoms. The number of benzene rings is 2. The Labute approximate surface area is 207 Å². The molecule has 1 saturated heterocycles. The number of carbonyl (C=O) groups excluding carboxylic acids is 1. The lowest BCUT2D eigenvalue weighted by molar-refractivity contribution is -0.138. The number of aryl methyl sites for hydroxylation is 2. The van der Waals surface area contributed by atoms with E-state index >= 15 is 0 Å². The van der Waals surface area contributed by atoms with Crippen molar-refractivity contribution in [2.24, 2.45) is 4.99 Å². The first-order valence-corrected chi connectivity index (χ1v) is 11.2. The number of hydrogen-bond donors (Lipinski definition) is 3. The van der Waals surface area contributed by atoms with E-state index < -0.39 is 18.4 Å². The monoisotopic (exact) mass is 490 g/mol. The fourth-order valence-electron chi connectivity index (χ4n) is 3.52. The Morgan fingerprint density at radius 3 is 2.47 bits per heavy atom. The Morgan fingerprint density at radius 1 is 1.08 bits per heavy atom. The van der Waals surface area contributed by atoms with Gasteiger partial charge in [0.15, 0.2) is 0 Å². The van der Waals surface area contributed by atoms with Gasteiger partial charge in [0.05, 0.1) is 30.5 Å². The number of aliphatic carboxylic acids is 1. The maximum atomic E-state index is 12.7. The van der Waals surface area contributed by atoms with Crippen LogP contribution in [0.1, 0.15) is 23.2 Å². The summed E-state index contributed by atoms with van der Waals surface area (Å²) >= 11 is 0. The van der Waals surface area contributed by atoms with E-state index in [4.69, 9.17) is 9.84 Å². The Bertz CT molecular complexity index is 1260. The molecule has 11 heteroatoms. The first-order valence-electron chi connectivity index (χ1n) is 11.2. The van der Waals surface area contributed by atoms with Crippen molar-refractivity contribution < 1.29 is 24.5 Å². The van der Waals surface area contributed by atoms with E-state index in [1.165, 1.54) is 11.1 Å². The second-order valence-corrected chi connectivity index (χ2v) is 8.26. The number of nitrogens with one attached hydrogen (secondary N) is 1. The number of nitrogens with zero attached hydrogens (tertiary/aromatic N) is 5. The van der Waals surface area contributed by atoms with E-state index in [0.29, 0.717) is 17.3 Å². The molecular formula is C25H26N6O5. The van der Waals surface area contributed by atoms with Gasteiger partial charge in [-0.15, -0.1) is 0 Å². The summed E-state index contributed by atoms with van der Waals surface area (Å²) in [5.41, 5.74) is 3.20. The molecule has 2 aromatic carbocycles. The van der Waals surface area contributed by atoms with Crippen LogP contribution in [0.25, 0.3) is 0 Å². The third-order valence-corrected chi connectivity index (χ3v) is 5.38. The molecule has 1 aromatic heterocycles. The SMILES string of the molecule is Cc1ccc(CN2C(=Nc3ccc(Oc4cncc(C)n4)cc3)NC(=O)N(CCC(=O)O)C2O)cc1. The molecule has 0 saturated carbocycles. The number of aliphatic hydroxyl groups excluding tert-OH is 1. The van der Waals surface area contributed by atoms with Crippen LogP contribution < -0.4 is 10.1 Å². The van der Waals surface area contributed by atoms with Gasteiger partial charge >= 0.3 is 12.0 Å². The van der Waals surface area contributed by atoms with Crippen LogP contribution in [-0.2, 0) is 11.3 Å². The van der Waals surface area contributed by atoms with Crippen LogP contribution in [0.2, 0.25) is 0 Å². The van der Waals surface area contributed by atoms with E-state index in [-0.39, 0.29) is 25.5 Å². The third-order valence-electron chi connectivity index (χ3n) is 5.38. The largest absolute Gasteiger partial charge is 0.481 e. The van der Waals surface area contributed by atoms with Gasteiger partial charge in [0.2, 0.25) is 18.2 Å². The van der Waals surface area contributed by atoms with Crippen molar-refractivity contribution in [3.63, 3.8) is 0 Å². The Hall–Kier alpha value is -4.51. The van der Waals surface area contributed by atoms with Crippen LogP contribution in [0.15, 0.2) is 65.9 Å². The minimum Gasteiger partial charge on any atom is -0.481 e. The summed E-state index contributed by atoms with van der Waals surface area (Å²) in [6.07, 6.45) is 1.44. The minimum atomic E-state index is -1.40. The molecule has 1 aliphatic heterocycles. The van der Waals surface area contributed by atoms with Crippen molar-refractivity contribution in [2.45, 2.75) is 33.2 Å². The fourth-order valence-corrected chi connectivity index (χ4v) is 3.52. The molecule has 36 heavy (non-hydrogen) atoms. The number of aromatic nitrogens is 2. The number of amides is 2. The van der Waals surface area contributed by atoms with E-state index in [1.807, 2.05) is 38.1 Å². The van der Waals surface area contributed by atoms with Gasteiger partial charge in [-0.1, -0.05) is 29.8 Å². The summed E-state index contributed by atoms with van der Waals surface area (Å²) in [6, 6.07) is 13.9. The third kappa shape index (κ3) is 6.13. The first kappa shape index (κ1) is 24.6. The zero-order valence-electron chi connectivity index (χ0n) is 19.8. The van der Waals surface area contributed by atoms with Crippen molar-refractivity contribution in [2.75, 3.05) is 6.54 Å². The number of urea groups is 1. The first-order chi connectivity index (χ1) is 17.3. The van der Waals surface area contributed by atoms with E-state index in [2.05, 4.69) is 20.3 Å². The molecule has 0 radical (unpaired) electrons. The van der Waals surface area contributed by atoms with Crippen LogP contribution in [0.5, 0.6) is 11.6 Å². The molecule has 11 nitrogen and oxygen atoms in total. The van der Waals surface area contributed by atoms with E-state index in [9.17, 15) is 14.7 Å². The molecule has 3 N–H and O–H groups in total. The van der Waals surface area contributed by atoms with Gasteiger partial charge in [-0.25, -0.2) is 14.8 Å². The molecule has 0 bridgehead atoms. The highest BCUT2D eigenvalue weighted by Crippen LogP contribution is 2.24. The number of aliphatic hydroxyl groups is 1. The smallest absolute Gasteiger partial charge is 0.327 e. The molecule has 2 amide bonds. The number of rotatable bonds is 8. The molecule has 1 unspecified atom stereocenters. The number of aliphatic imine (C=N–C) groups is 1. The Morgan fingerprint density at radius 2 is 1.81 bits per heavy atom. The van der Waals surface area contributed by atoms with Gasteiger partial charge in [0, 0.05) is 12.7 Å². The van der Waals surface area contributed by atoms with Crippen molar-refractivity contribution >= 4 is 23.6 Å². The fraction of sp³-hybridized carbons (Fsp3) is 0.240.